The third kappa shape index (κ3) is 5.05. The van der Waals surface area contributed by atoms with Crippen LogP contribution in [0.15, 0.2) is 77.6 Å². The van der Waals surface area contributed by atoms with E-state index >= 15 is 0 Å². The van der Waals surface area contributed by atoms with Crippen molar-refractivity contribution >= 4 is 10.9 Å². The molecular formula is C27H23FN6O3. The summed E-state index contributed by atoms with van der Waals surface area (Å²) in [6.07, 6.45) is 0. The number of nitrogens with zero attached hydrogens (tertiary/aromatic N) is 5. The second-order valence-electron chi connectivity index (χ2n) is 8.93. The summed E-state index contributed by atoms with van der Waals surface area (Å²) in [4.78, 5) is 18.0. The van der Waals surface area contributed by atoms with Crippen molar-refractivity contribution in [3.63, 3.8) is 0 Å². The average Bonchev–Trinajstić information content (AvgIpc) is 3.54. The van der Waals surface area contributed by atoms with Crippen LogP contribution in [0, 0.1) is 5.82 Å². The van der Waals surface area contributed by atoms with Crippen LogP contribution in [0.1, 0.15) is 22.5 Å². The van der Waals surface area contributed by atoms with E-state index in [-0.39, 0.29) is 18.2 Å². The maximum Gasteiger partial charge on any atom is 0.252 e. The number of aromatic amines is 1. The average molecular weight is 499 g/mol. The topological polar surface area (TPSA) is 98.2 Å². The number of hydrogen-bond acceptors (Lipinski definition) is 7. The molecule has 1 aliphatic heterocycles. The molecule has 10 heteroatoms. The van der Waals surface area contributed by atoms with Gasteiger partial charge in [0.1, 0.15) is 5.82 Å². The highest BCUT2D eigenvalue weighted by Crippen LogP contribution is 2.35. The Morgan fingerprint density at radius 1 is 0.919 bits per heavy atom. The van der Waals surface area contributed by atoms with Crippen LogP contribution in [0.5, 0.6) is 11.5 Å². The fourth-order valence-corrected chi connectivity index (χ4v) is 4.43. The van der Waals surface area contributed by atoms with E-state index in [2.05, 4.69) is 25.4 Å². The van der Waals surface area contributed by atoms with Crippen LogP contribution in [0.4, 0.5) is 4.39 Å². The van der Waals surface area contributed by atoms with Crippen LogP contribution in [-0.4, -0.2) is 36.9 Å². The van der Waals surface area contributed by atoms with Crippen LogP contribution >= 0.6 is 0 Å². The second-order valence-corrected chi connectivity index (χ2v) is 8.93. The van der Waals surface area contributed by atoms with E-state index in [1.165, 1.54) is 12.1 Å². The minimum Gasteiger partial charge on any atom is -0.454 e. The monoisotopic (exact) mass is 498 g/mol. The van der Waals surface area contributed by atoms with Gasteiger partial charge >= 0.3 is 0 Å². The Hall–Kier alpha value is -4.57. The standard InChI is InChI=1S/C27H23FN6O3/c28-22-8-6-19(7-9-22)13-33(16-26-30-31-32-34(26)14-18-4-2-1-3-5-18)15-21-10-20-11-24-25(37-17-36-24)12-23(20)29-27(21)35/h1-12H,13-17H2,(H,29,35). The van der Waals surface area contributed by atoms with Crippen LogP contribution in [0.25, 0.3) is 10.9 Å². The third-order valence-corrected chi connectivity index (χ3v) is 6.27. The van der Waals surface area contributed by atoms with Gasteiger partial charge in [0.15, 0.2) is 17.3 Å². The number of H-pyrrole nitrogens is 1. The number of rotatable bonds is 8. The molecule has 0 bridgehead atoms. The van der Waals surface area contributed by atoms with E-state index < -0.39 is 0 Å². The lowest BCUT2D eigenvalue weighted by Gasteiger charge is -2.22. The summed E-state index contributed by atoms with van der Waals surface area (Å²) in [7, 11) is 0. The van der Waals surface area contributed by atoms with Gasteiger partial charge in [0.2, 0.25) is 6.79 Å². The van der Waals surface area contributed by atoms with Crippen LogP contribution in [0.2, 0.25) is 0 Å². The van der Waals surface area contributed by atoms with Crippen molar-refractivity contribution in [3.05, 3.63) is 111 Å². The molecule has 1 N–H and O–H groups in total. The summed E-state index contributed by atoms with van der Waals surface area (Å²) in [5.74, 6) is 1.62. The lowest BCUT2D eigenvalue weighted by Crippen LogP contribution is -2.28. The van der Waals surface area contributed by atoms with Crippen molar-refractivity contribution in [1.82, 2.24) is 30.1 Å². The molecule has 0 spiro atoms. The maximum absolute atomic E-state index is 13.5. The zero-order valence-electron chi connectivity index (χ0n) is 19.8. The van der Waals surface area contributed by atoms with Gasteiger partial charge in [0, 0.05) is 30.1 Å². The van der Waals surface area contributed by atoms with Crippen molar-refractivity contribution in [3.8, 4) is 11.5 Å². The largest absolute Gasteiger partial charge is 0.454 e. The number of fused-ring (bicyclic) bond motifs is 2. The van der Waals surface area contributed by atoms with Crippen LogP contribution < -0.4 is 15.0 Å². The highest BCUT2D eigenvalue weighted by atomic mass is 19.1. The molecule has 0 fully saturated rings. The minimum absolute atomic E-state index is 0.159. The van der Waals surface area contributed by atoms with Gasteiger partial charge in [-0.25, -0.2) is 9.07 Å². The summed E-state index contributed by atoms with van der Waals surface area (Å²) in [5, 5.41) is 13.1. The molecule has 5 aromatic rings. The molecule has 0 aliphatic carbocycles. The summed E-state index contributed by atoms with van der Waals surface area (Å²) >= 11 is 0. The van der Waals surface area contributed by atoms with Gasteiger partial charge in [-0.05, 0) is 45.8 Å². The van der Waals surface area contributed by atoms with E-state index in [0.717, 1.165) is 16.5 Å². The molecule has 0 amide bonds. The molecule has 0 saturated carbocycles. The molecule has 3 aromatic carbocycles. The first-order valence-corrected chi connectivity index (χ1v) is 11.8. The van der Waals surface area contributed by atoms with Crippen molar-refractivity contribution in [2.45, 2.75) is 26.2 Å². The van der Waals surface area contributed by atoms with E-state index in [9.17, 15) is 9.18 Å². The van der Waals surface area contributed by atoms with Gasteiger partial charge in [0.25, 0.3) is 5.56 Å². The summed E-state index contributed by atoms with van der Waals surface area (Å²) < 4.78 is 26.2. The molecule has 0 atom stereocenters. The number of benzene rings is 3. The molecule has 186 valence electrons. The lowest BCUT2D eigenvalue weighted by atomic mass is 10.1. The Labute approximate surface area is 211 Å². The summed E-state index contributed by atoms with van der Waals surface area (Å²) in [5.41, 5.74) is 3.04. The molecule has 6 rings (SSSR count). The highest BCUT2D eigenvalue weighted by molar-refractivity contribution is 5.83. The van der Waals surface area contributed by atoms with Crippen molar-refractivity contribution in [2.75, 3.05) is 6.79 Å². The fourth-order valence-electron chi connectivity index (χ4n) is 4.43. The van der Waals surface area contributed by atoms with Crippen molar-refractivity contribution in [2.24, 2.45) is 0 Å². The van der Waals surface area contributed by atoms with Gasteiger partial charge in [-0.15, -0.1) is 5.10 Å². The first-order valence-electron chi connectivity index (χ1n) is 11.8. The Morgan fingerprint density at radius 3 is 2.51 bits per heavy atom. The predicted octanol–water partition coefficient (Wildman–Crippen LogP) is 3.63. The van der Waals surface area contributed by atoms with Crippen LogP contribution in [0.3, 0.4) is 0 Å². The van der Waals surface area contributed by atoms with Crippen molar-refractivity contribution in [1.29, 1.82) is 0 Å². The Balaban J connectivity index is 1.30. The third-order valence-electron chi connectivity index (χ3n) is 6.27. The Bertz CT molecular complexity index is 1600. The number of ether oxygens (including phenoxy) is 2. The Kier molecular flexibility index (Phi) is 6.07. The Morgan fingerprint density at radius 2 is 1.70 bits per heavy atom. The number of aromatic nitrogens is 5. The van der Waals surface area contributed by atoms with Crippen molar-refractivity contribution < 1.29 is 13.9 Å². The zero-order chi connectivity index (χ0) is 25.2. The van der Waals surface area contributed by atoms with Gasteiger partial charge in [0.05, 0.1) is 18.6 Å². The zero-order valence-corrected chi connectivity index (χ0v) is 19.8. The number of hydrogen-bond donors (Lipinski definition) is 1. The molecule has 9 nitrogen and oxygen atoms in total. The lowest BCUT2D eigenvalue weighted by molar-refractivity contribution is 0.174. The highest BCUT2D eigenvalue weighted by Gasteiger charge is 2.18. The maximum atomic E-state index is 13.5. The van der Waals surface area contributed by atoms with E-state index in [0.29, 0.717) is 54.6 Å². The molecule has 1 aliphatic rings. The quantitative estimate of drug-likeness (QED) is 0.349. The molecule has 0 radical (unpaired) electrons. The smallest absolute Gasteiger partial charge is 0.252 e. The van der Waals surface area contributed by atoms with E-state index in [1.54, 1.807) is 22.9 Å². The predicted molar refractivity (Wildman–Crippen MR) is 133 cm³/mol. The van der Waals surface area contributed by atoms with Crippen LogP contribution in [-0.2, 0) is 26.2 Å². The van der Waals surface area contributed by atoms with E-state index in [1.807, 2.05) is 42.5 Å². The first-order chi connectivity index (χ1) is 18.1. The summed E-state index contributed by atoms with van der Waals surface area (Å²) in [6, 6.07) is 21.8. The van der Waals surface area contributed by atoms with Gasteiger partial charge in [-0.2, -0.15) is 0 Å². The van der Waals surface area contributed by atoms with Gasteiger partial charge in [-0.1, -0.05) is 42.5 Å². The molecular weight excluding hydrogens is 475 g/mol. The molecule has 0 saturated heterocycles. The molecule has 2 aromatic heterocycles. The normalized spacial score (nSPS) is 12.5. The van der Waals surface area contributed by atoms with Gasteiger partial charge < -0.3 is 14.5 Å². The number of pyridine rings is 1. The first kappa shape index (κ1) is 22.9. The molecule has 37 heavy (non-hydrogen) atoms. The fraction of sp³-hybridized carbons (Fsp3) is 0.185. The minimum atomic E-state index is -0.299. The summed E-state index contributed by atoms with van der Waals surface area (Å²) in [6.45, 7) is 1.87. The number of halogens is 1. The van der Waals surface area contributed by atoms with Gasteiger partial charge in [-0.3, -0.25) is 9.69 Å². The molecule has 0 unspecified atom stereocenters. The van der Waals surface area contributed by atoms with E-state index in [4.69, 9.17) is 9.47 Å². The number of tetrazole rings is 1. The number of nitrogens with one attached hydrogen (secondary N) is 1. The molecule has 3 heterocycles. The SMILES string of the molecule is O=c1[nH]c2cc3c(cc2cc1CN(Cc1ccc(F)cc1)Cc1nnnn1Cc1ccccc1)OCO3. The second kappa shape index (κ2) is 9.82.